The molecule has 0 saturated carbocycles. The topological polar surface area (TPSA) is 6.48 Å². The lowest BCUT2D eigenvalue weighted by atomic mass is 9.82. The molecule has 0 spiro atoms. The van der Waals surface area contributed by atoms with Crippen LogP contribution in [0.4, 0.5) is 0 Å². The van der Waals surface area contributed by atoms with Crippen molar-refractivity contribution in [3.8, 4) is 0 Å². The molecule has 0 amide bonds. The van der Waals surface area contributed by atoms with Crippen LogP contribution in [-0.4, -0.2) is 48.1 Å². The normalized spacial score (nSPS) is 32.3. The smallest absolute Gasteiger partial charge is 0.00672 e. The molecule has 2 aliphatic rings. The Kier molecular flexibility index (Phi) is 6.36. The van der Waals surface area contributed by atoms with Gasteiger partial charge in [0.2, 0.25) is 0 Å². The first kappa shape index (κ1) is 18.3. The lowest BCUT2D eigenvalue weighted by Crippen LogP contribution is -2.46. The monoisotopic (exact) mass is 308 g/mol. The molecular formula is C20H40N2. The van der Waals surface area contributed by atoms with Crippen LogP contribution in [0.15, 0.2) is 0 Å². The van der Waals surface area contributed by atoms with Crippen LogP contribution in [0.5, 0.6) is 0 Å². The number of hydrogen-bond acceptors (Lipinski definition) is 2. The van der Waals surface area contributed by atoms with Crippen molar-refractivity contribution in [2.24, 2.45) is 17.3 Å². The van der Waals surface area contributed by atoms with E-state index >= 15 is 0 Å². The summed E-state index contributed by atoms with van der Waals surface area (Å²) in [6, 6.07) is 1.48. The summed E-state index contributed by atoms with van der Waals surface area (Å²) in [6.07, 6.45) is 7.05. The van der Waals surface area contributed by atoms with E-state index in [1.807, 2.05) is 0 Å². The van der Waals surface area contributed by atoms with Gasteiger partial charge in [0.1, 0.15) is 0 Å². The van der Waals surface area contributed by atoms with Crippen LogP contribution in [0.3, 0.4) is 0 Å². The molecule has 0 radical (unpaired) electrons. The number of piperidine rings is 2. The van der Waals surface area contributed by atoms with Gasteiger partial charge in [0, 0.05) is 31.7 Å². The first-order valence-electron chi connectivity index (χ1n) is 9.75. The van der Waals surface area contributed by atoms with E-state index in [1.165, 1.54) is 58.3 Å². The average molecular weight is 309 g/mol. The Morgan fingerprint density at radius 2 is 1.82 bits per heavy atom. The van der Waals surface area contributed by atoms with E-state index in [1.54, 1.807) is 0 Å². The second kappa shape index (κ2) is 7.66. The van der Waals surface area contributed by atoms with E-state index in [4.69, 9.17) is 0 Å². The molecule has 22 heavy (non-hydrogen) atoms. The quantitative estimate of drug-likeness (QED) is 0.730. The van der Waals surface area contributed by atoms with Crippen LogP contribution in [0.1, 0.15) is 73.6 Å². The number of likely N-dealkylation sites (tertiary alicyclic amines) is 2. The van der Waals surface area contributed by atoms with Gasteiger partial charge in [-0.15, -0.1) is 0 Å². The Labute approximate surface area is 139 Å². The molecule has 3 atom stereocenters. The molecule has 130 valence electrons. The zero-order valence-electron chi connectivity index (χ0n) is 16.1. The number of rotatable bonds is 5. The highest BCUT2D eigenvalue weighted by molar-refractivity contribution is 4.84. The highest BCUT2D eigenvalue weighted by atomic mass is 15.2. The van der Waals surface area contributed by atoms with Crippen LogP contribution in [0.2, 0.25) is 0 Å². The Balaban J connectivity index is 1.79. The van der Waals surface area contributed by atoms with Crippen LogP contribution in [-0.2, 0) is 0 Å². The second-order valence-corrected chi connectivity index (χ2v) is 9.42. The zero-order valence-corrected chi connectivity index (χ0v) is 16.1. The SMILES string of the molecule is CC1CC(CCC(C)N2CCCC(C)(C)C2)CN(C(C)C)C1. The standard InChI is InChI=1S/C20H40N2/c1-16(2)22-13-17(3)12-19(14-22)9-8-18(4)21-11-7-10-20(5,6)15-21/h16-19H,7-15H2,1-6H3. The minimum absolute atomic E-state index is 0.528. The van der Waals surface area contributed by atoms with E-state index in [0.717, 1.165) is 17.9 Å². The van der Waals surface area contributed by atoms with E-state index in [-0.39, 0.29) is 0 Å². The second-order valence-electron chi connectivity index (χ2n) is 9.42. The van der Waals surface area contributed by atoms with Crippen LogP contribution in [0.25, 0.3) is 0 Å². The maximum absolute atomic E-state index is 2.76. The molecule has 2 heterocycles. The van der Waals surface area contributed by atoms with E-state index < -0.39 is 0 Å². The Hall–Kier alpha value is -0.0800. The van der Waals surface area contributed by atoms with Gasteiger partial charge in [-0.3, -0.25) is 0 Å². The average Bonchev–Trinajstić information content (AvgIpc) is 2.43. The molecular weight excluding hydrogens is 268 g/mol. The van der Waals surface area contributed by atoms with Gasteiger partial charge in [-0.2, -0.15) is 0 Å². The van der Waals surface area contributed by atoms with Crippen molar-refractivity contribution in [1.29, 1.82) is 0 Å². The lowest BCUT2D eigenvalue weighted by Gasteiger charge is -2.42. The van der Waals surface area contributed by atoms with Crippen molar-refractivity contribution >= 4 is 0 Å². The third-order valence-corrected chi connectivity index (χ3v) is 6.05. The third kappa shape index (κ3) is 5.23. The van der Waals surface area contributed by atoms with Gasteiger partial charge in [-0.25, -0.2) is 0 Å². The van der Waals surface area contributed by atoms with Crippen LogP contribution >= 0.6 is 0 Å². The summed E-state index contributed by atoms with van der Waals surface area (Å²) in [6.45, 7) is 19.8. The van der Waals surface area contributed by atoms with Gasteiger partial charge in [0.05, 0.1) is 0 Å². The van der Waals surface area contributed by atoms with E-state index in [2.05, 4.69) is 51.3 Å². The van der Waals surface area contributed by atoms with Gasteiger partial charge in [-0.1, -0.05) is 20.8 Å². The first-order valence-corrected chi connectivity index (χ1v) is 9.75. The predicted octanol–water partition coefficient (Wildman–Crippen LogP) is 4.64. The molecule has 0 N–H and O–H groups in total. The molecule has 2 saturated heterocycles. The van der Waals surface area contributed by atoms with Crippen LogP contribution in [0, 0.1) is 17.3 Å². The van der Waals surface area contributed by atoms with E-state index in [0.29, 0.717) is 11.5 Å². The molecule has 0 aromatic carbocycles. The highest BCUT2D eigenvalue weighted by Gasteiger charge is 2.30. The minimum Gasteiger partial charge on any atom is -0.300 e. The zero-order chi connectivity index (χ0) is 16.3. The molecule has 3 unspecified atom stereocenters. The highest BCUT2D eigenvalue weighted by Crippen LogP contribution is 2.32. The largest absolute Gasteiger partial charge is 0.300 e. The molecule has 2 aliphatic heterocycles. The summed E-state index contributed by atoms with van der Waals surface area (Å²) in [5.41, 5.74) is 0.528. The summed E-state index contributed by atoms with van der Waals surface area (Å²) in [7, 11) is 0. The van der Waals surface area contributed by atoms with E-state index in [9.17, 15) is 0 Å². The maximum atomic E-state index is 2.76. The number of nitrogens with zero attached hydrogens (tertiary/aromatic N) is 2. The number of hydrogen-bond donors (Lipinski definition) is 0. The van der Waals surface area contributed by atoms with Crippen molar-refractivity contribution in [2.75, 3.05) is 26.2 Å². The first-order chi connectivity index (χ1) is 10.3. The predicted molar refractivity (Wildman–Crippen MR) is 97.3 cm³/mol. The van der Waals surface area contributed by atoms with Crippen molar-refractivity contribution < 1.29 is 0 Å². The molecule has 2 heteroatoms. The summed E-state index contributed by atoms with van der Waals surface area (Å²) < 4.78 is 0. The molecule has 0 aromatic heterocycles. The molecule has 0 aromatic rings. The summed E-state index contributed by atoms with van der Waals surface area (Å²) >= 11 is 0. The van der Waals surface area contributed by atoms with Crippen molar-refractivity contribution in [2.45, 2.75) is 85.7 Å². The van der Waals surface area contributed by atoms with Crippen molar-refractivity contribution in [3.05, 3.63) is 0 Å². The molecule has 0 aliphatic carbocycles. The molecule has 2 nitrogen and oxygen atoms in total. The van der Waals surface area contributed by atoms with Crippen molar-refractivity contribution in [1.82, 2.24) is 9.80 Å². The molecule has 0 bridgehead atoms. The van der Waals surface area contributed by atoms with Crippen molar-refractivity contribution in [3.63, 3.8) is 0 Å². The van der Waals surface area contributed by atoms with Gasteiger partial charge in [0.25, 0.3) is 0 Å². The van der Waals surface area contributed by atoms with Gasteiger partial charge in [0.15, 0.2) is 0 Å². The fourth-order valence-electron chi connectivity index (χ4n) is 4.66. The van der Waals surface area contributed by atoms with Crippen LogP contribution < -0.4 is 0 Å². The summed E-state index contributed by atoms with van der Waals surface area (Å²) in [5, 5.41) is 0. The fraction of sp³-hybridized carbons (Fsp3) is 1.00. The van der Waals surface area contributed by atoms with Gasteiger partial charge >= 0.3 is 0 Å². The van der Waals surface area contributed by atoms with Gasteiger partial charge < -0.3 is 9.80 Å². The minimum atomic E-state index is 0.528. The lowest BCUT2D eigenvalue weighted by molar-refractivity contribution is 0.0665. The molecule has 2 rings (SSSR count). The van der Waals surface area contributed by atoms with Gasteiger partial charge in [-0.05, 0) is 76.7 Å². The maximum Gasteiger partial charge on any atom is 0.00672 e. The summed E-state index contributed by atoms with van der Waals surface area (Å²) in [5.74, 6) is 1.80. The Morgan fingerprint density at radius 1 is 1.09 bits per heavy atom. The fourth-order valence-corrected chi connectivity index (χ4v) is 4.66. The Morgan fingerprint density at radius 3 is 2.45 bits per heavy atom. The molecule has 2 fully saturated rings. The third-order valence-electron chi connectivity index (χ3n) is 6.05. The summed E-state index contributed by atoms with van der Waals surface area (Å²) in [4.78, 5) is 5.46. The Bertz CT molecular complexity index is 337.